The van der Waals surface area contributed by atoms with Crippen LogP contribution < -0.4 is 16.0 Å². The van der Waals surface area contributed by atoms with Crippen molar-refractivity contribution in [3.63, 3.8) is 0 Å². The molecule has 0 aliphatic rings. The molecule has 0 fully saturated rings. The van der Waals surface area contributed by atoms with E-state index in [4.69, 9.17) is 4.74 Å². The number of nitrogens with zero attached hydrogens (tertiary/aromatic N) is 1. The van der Waals surface area contributed by atoms with Gasteiger partial charge in [0.2, 0.25) is 0 Å². The summed E-state index contributed by atoms with van der Waals surface area (Å²) in [5.41, 5.74) is 0.838. The first kappa shape index (κ1) is 21.9. The highest BCUT2D eigenvalue weighted by atomic mass is 19.1. The van der Waals surface area contributed by atoms with E-state index in [-0.39, 0.29) is 11.7 Å². The SMILES string of the molecule is CN=C(NCCCOCC(C)C)NCCNC(=O)c1ccc(C)c(F)c1. The van der Waals surface area contributed by atoms with Gasteiger partial charge in [0.15, 0.2) is 5.96 Å². The largest absolute Gasteiger partial charge is 0.381 e. The fourth-order valence-corrected chi connectivity index (χ4v) is 2.11. The van der Waals surface area contributed by atoms with Crippen LogP contribution in [-0.2, 0) is 4.74 Å². The molecule has 7 heteroatoms. The Kier molecular flexibility index (Phi) is 10.3. The van der Waals surface area contributed by atoms with Crippen LogP contribution in [0.2, 0.25) is 0 Å². The van der Waals surface area contributed by atoms with E-state index in [1.165, 1.54) is 6.07 Å². The van der Waals surface area contributed by atoms with Gasteiger partial charge in [0.25, 0.3) is 5.91 Å². The maximum atomic E-state index is 13.5. The first-order valence-corrected chi connectivity index (χ1v) is 9.00. The van der Waals surface area contributed by atoms with E-state index in [0.717, 1.165) is 19.6 Å². The molecule has 0 saturated carbocycles. The molecule has 0 unspecified atom stereocenters. The normalized spacial score (nSPS) is 11.5. The highest BCUT2D eigenvalue weighted by molar-refractivity contribution is 5.94. The molecule has 0 saturated heterocycles. The van der Waals surface area contributed by atoms with E-state index in [1.807, 2.05) is 0 Å². The minimum absolute atomic E-state index is 0.295. The average molecular weight is 366 g/mol. The van der Waals surface area contributed by atoms with Gasteiger partial charge in [-0.05, 0) is 37.0 Å². The van der Waals surface area contributed by atoms with Crippen LogP contribution in [0.3, 0.4) is 0 Å². The number of halogens is 1. The molecule has 0 aliphatic heterocycles. The lowest BCUT2D eigenvalue weighted by Gasteiger charge is -2.13. The fraction of sp³-hybridized carbons (Fsp3) is 0.579. The highest BCUT2D eigenvalue weighted by Crippen LogP contribution is 2.08. The van der Waals surface area contributed by atoms with Gasteiger partial charge in [0, 0.05) is 45.5 Å². The number of aryl methyl sites for hydroxylation is 1. The van der Waals surface area contributed by atoms with Gasteiger partial charge >= 0.3 is 0 Å². The van der Waals surface area contributed by atoms with Gasteiger partial charge in [-0.3, -0.25) is 9.79 Å². The second-order valence-corrected chi connectivity index (χ2v) is 6.47. The summed E-state index contributed by atoms with van der Waals surface area (Å²) in [5.74, 6) is 0.544. The molecule has 0 aliphatic carbocycles. The van der Waals surface area contributed by atoms with Crippen LogP contribution in [0.25, 0.3) is 0 Å². The minimum Gasteiger partial charge on any atom is -0.381 e. The quantitative estimate of drug-likeness (QED) is 0.337. The highest BCUT2D eigenvalue weighted by Gasteiger charge is 2.07. The molecule has 1 aromatic carbocycles. The maximum Gasteiger partial charge on any atom is 0.251 e. The molecule has 1 aromatic rings. The van der Waals surface area contributed by atoms with E-state index in [0.29, 0.717) is 42.7 Å². The van der Waals surface area contributed by atoms with Gasteiger partial charge in [-0.2, -0.15) is 0 Å². The van der Waals surface area contributed by atoms with Gasteiger partial charge < -0.3 is 20.7 Å². The number of guanidine groups is 1. The van der Waals surface area contributed by atoms with Crippen LogP contribution in [0.5, 0.6) is 0 Å². The number of amides is 1. The first-order valence-electron chi connectivity index (χ1n) is 9.00. The summed E-state index contributed by atoms with van der Waals surface area (Å²) in [5, 5.41) is 9.05. The third-order valence-corrected chi connectivity index (χ3v) is 3.57. The molecule has 0 aromatic heterocycles. The number of aliphatic imine (C=N–C) groups is 1. The van der Waals surface area contributed by atoms with Gasteiger partial charge in [0.05, 0.1) is 0 Å². The van der Waals surface area contributed by atoms with Crippen molar-refractivity contribution < 1.29 is 13.9 Å². The number of ether oxygens (including phenoxy) is 1. The Morgan fingerprint density at radius 3 is 2.54 bits per heavy atom. The molecule has 26 heavy (non-hydrogen) atoms. The van der Waals surface area contributed by atoms with E-state index in [1.54, 1.807) is 26.1 Å². The number of hydrogen-bond donors (Lipinski definition) is 3. The lowest BCUT2D eigenvalue weighted by atomic mass is 10.1. The van der Waals surface area contributed by atoms with Gasteiger partial charge in [0.1, 0.15) is 5.82 Å². The van der Waals surface area contributed by atoms with Crippen molar-refractivity contribution in [2.24, 2.45) is 10.9 Å². The van der Waals surface area contributed by atoms with Crippen LogP contribution in [0.4, 0.5) is 4.39 Å². The number of nitrogens with one attached hydrogen (secondary N) is 3. The summed E-state index contributed by atoms with van der Waals surface area (Å²) < 4.78 is 19.0. The fourth-order valence-electron chi connectivity index (χ4n) is 2.11. The van der Waals surface area contributed by atoms with Crippen molar-refractivity contribution in [2.45, 2.75) is 27.2 Å². The predicted molar refractivity (Wildman–Crippen MR) is 103 cm³/mol. The summed E-state index contributed by atoms with van der Waals surface area (Å²) in [4.78, 5) is 16.1. The zero-order chi connectivity index (χ0) is 19.4. The third kappa shape index (κ3) is 8.80. The Balaban J connectivity index is 2.18. The van der Waals surface area contributed by atoms with Crippen LogP contribution in [-0.4, -0.2) is 51.8 Å². The number of benzene rings is 1. The van der Waals surface area contributed by atoms with E-state index >= 15 is 0 Å². The van der Waals surface area contributed by atoms with Crippen molar-refractivity contribution in [1.82, 2.24) is 16.0 Å². The van der Waals surface area contributed by atoms with Crippen molar-refractivity contribution >= 4 is 11.9 Å². The number of carbonyl (C=O) groups excluding carboxylic acids is 1. The Morgan fingerprint density at radius 2 is 1.88 bits per heavy atom. The molecule has 1 amide bonds. The number of carbonyl (C=O) groups is 1. The predicted octanol–water partition coefficient (Wildman–Crippen LogP) is 2.09. The van der Waals surface area contributed by atoms with Crippen LogP contribution >= 0.6 is 0 Å². The lowest BCUT2D eigenvalue weighted by molar-refractivity contribution is 0.0954. The number of hydrogen-bond acceptors (Lipinski definition) is 3. The Hall–Kier alpha value is -2.15. The Morgan fingerprint density at radius 1 is 1.19 bits per heavy atom. The van der Waals surface area contributed by atoms with Crippen molar-refractivity contribution in [3.8, 4) is 0 Å². The second-order valence-electron chi connectivity index (χ2n) is 6.47. The summed E-state index contributed by atoms with van der Waals surface area (Å²) in [6, 6.07) is 4.46. The topological polar surface area (TPSA) is 74.8 Å². The summed E-state index contributed by atoms with van der Waals surface area (Å²) in [7, 11) is 1.69. The Labute approximate surface area is 155 Å². The van der Waals surface area contributed by atoms with E-state index < -0.39 is 0 Å². The van der Waals surface area contributed by atoms with Crippen LogP contribution in [0.15, 0.2) is 23.2 Å². The van der Waals surface area contributed by atoms with Crippen molar-refractivity contribution in [1.29, 1.82) is 0 Å². The molecule has 1 rings (SSSR count). The third-order valence-electron chi connectivity index (χ3n) is 3.57. The zero-order valence-corrected chi connectivity index (χ0v) is 16.2. The van der Waals surface area contributed by atoms with Gasteiger partial charge in [-0.25, -0.2) is 4.39 Å². The molecule has 3 N–H and O–H groups in total. The maximum absolute atomic E-state index is 13.5. The molecular formula is C19H31FN4O2. The van der Waals surface area contributed by atoms with Crippen molar-refractivity contribution in [3.05, 3.63) is 35.1 Å². The molecule has 0 radical (unpaired) electrons. The summed E-state index contributed by atoms with van der Waals surface area (Å²) >= 11 is 0. The molecule has 146 valence electrons. The molecular weight excluding hydrogens is 335 g/mol. The standard InChI is InChI=1S/C19H31FN4O2/c1-14(2)13-26-11-5-8-23-19(21-4)24-10-9-22-18(25)16-7-6-15(3)17(20)12-16/h6-7,12,14H,5,8-11,13H2,1-4H3,(H,22,25)(H2,21,23,24). The minimum atomic E-state index is -0.377. The molecule has 0 atom stereocenters. The molecule has 6 nitrogen and oxygen atoms in total. The van der Waals surface area contributed by atoms with Crippen LogP contribution in [0.1, 0.15) is 36.2 Å². The summed E-state index contributed by atoms with van der Waals surface area (Å²) in [6.07, 6.45) is 0.892. The van der Waals surface area contributed by atoms with E-state index in [9.17, 15) is 9.18 Å². The molecule has 0 spiro atoms. The smallest absolute Gasteiger partial charge is 0.251 e. The van der Waals surface area contributed by atoms with Gasteiger partial charge in [-0.15, -0.1) is 0 Å². The van der Waals surface area contributed by atoms with Crippen LogP contribution in [0, 0.1) is 18.7 Å². The zero-order valence-electron chi connectivity index (χ0n) is 16.2. The van der Waals surface area contributed by atoms with E-state index in [2.05, 4.69) is 34.8 Å². The average Bonchev–Trinajstić information content (AvgIpc) is 2.61. The first-order chi connectivity index (χ1) is 12.4. The second kappa shape index (κ2) is 12.2. The molecule has 0 bridgehead atoms. The molecule has 0 heterocycles. The monoisotopic (exact) mass is 366 g/mol. The number of rotatable bonds is 10. The Bertz CT molecular complexity index is 591. The van der Waals surface area contributed by atoms with Crippen molar-refractivity contribution in [2.75, 3.05) is 39.9 Å². The van der Waals surface area contributed by atoms with Gasteiger partial charge in [-0.1, -0.05) is 19.9 Å². The lowest BCUT2D eigenvalue weighted by Crippen LogP contribution is -2.42. The summed E-state index contributed by atoms with van der Waals surface area (Å²) in [6.45, 7) is 9.08.